The first-order valence-corrected chi connectivity index (χ1v) is 8.23. The first kappa shape index (κ1) is 14.3. The molecule has 19 heavy (non-hydrogen) atoms. The van der Waals surface area contributed by atoms with Crippen LogP contribution in [-0.4, -0.2) is 36.2 Å². The summed E-state index contributed by atoms with van der Waals surface area (Å²) in [5, 5.41) is 3.32. The molecule has 2 rings (SSSR count). The fourth-order valence-corrected chi connectivity index (χ4v) is 2.95. The third kappa shape index (κ3) is 3.90. The Balaban J connectivity index is 1.95. The normalized spacial score (nSPS) is 16.4. The predicted octanol–water partition coefficient (Wildman–Crippen LogP) is 2.97. The molecule has 1 aliphatic heterocycles. The van der Waals surface area contributed by atoms with E-state index in [2.05, 4.69) is 23.7 Å². The van der Waals surface area contributed by atoms with Gasteiger partial charge in [-0.1, -0.05) is 12.1 Å². The van der Waals surface area contributed by atoms with Crippen LogP contribution in [0.15, 0.2) is 24.3 Å². The fourth-order valence-electron chi connectivity index (χ4n) is 2.44. The molecular formula is C15H22N2OS. The van der Waals surface area contributed by atoms with Crippen molar-refractivity contribution >= 4 is 23.4 Å². The van der Waals surface area contributed by atoms with Crippen LogP contribution in [0.5, 0.6) is 0 Å². The quantitative estimate of drug-likeness (QED) is 0.898. The molecule has 0 radical (unpaired) electrons. The lowest BCUT2D eigenvalue weighted by molar-refractivity contribution is -0.130. The number of thioether (sulfide) groups is 1. The van der Waals surface area contributed by atoms with Gasteiger partial charge in [-0.3, -0.25) is 4.79 Å². The lowest BCUT2D eigenvalue weighted by Gasteiger charge is -2.22. The molecule has 0 saturated carbocycles. The summed E-state index contributed by atoms with van der Waals surface area (Å²) in [6.07, 6.45) is 4.38. The van der Waals surface area contributed by atoms with E-state index >= 15 is 0 Å². The second-order valence-corrected chi connectivity index (χ2v) is 5.90. The molecule has 1 aliphatic rings. The summed E-state index contributed by atoms with van der Waals surface area (Å²) in [7, 11) is 0. The zero-order valence-electron chi connectivity index (χ0n) is 11.7. The summed E-state index contributed by atoms with van der Waals surface area (Å²) < 4.78 is 0. The van der Waals surface area contributed by atoms with Crippen molar-refractivity contribution in [1.82, 2.24) is 4.90 Å². The molecule has 0 aliphatic carbocycles. The molecule has 1 N–H and O–H groups in total. The van der Waals surface area contributed by atoms with Crippen molar-refractivity contribution < 1.29 is 4.79 Å². The van der Waals surface area contributed by atoms with Crippen LogP contribution in [0.1, 0.15) is 25.3 Å². The van der Waals surface area contributed by atoms with E-state index < -0.39 is 0 Å². The number of carbonyl (C=O) groups is 1. The minimum Gasteiger partial charge on any atom is -0.374 e. The maximum atomic E-state index is 12.2. The number of hydrogen-bond acceptors (Lipinski definition) is 3. The van der Waals surface area contributed by atoms with Gasteiger partial charge >= 0.3 is 0 Å². The van der Waals surface area contributed by atoms with Gasteiger partial charge in [0.05, 0.1) is 0 Å². The van der Waals surface area contributed by atoms with Crippen LogP contribution in [0.2, 0.25) is 0 Å². The second kappa shape index (κ2) is 6.85. The lowest BCUT2D eigenvalue weighted by Crippen LogP contribution is -2.39. The molecule has 1 fully saturated rings. The van der Waals surface area contributed by atoms with Crippen LogP contribution in [0.25, 0.3) is 0 Å². The first-order valence-electron chi connectivity index (χ1n) is 6.84. The van der Waals surface area contributed by atoms with Crippen molar-refractivity contribution in [3.05, 3.63) is 29.8 Å². The Labute approximate surface area is 119 Å². The van der Waals surface area contributed by atoms with E-state index in [0.29, 0.717) is 0 Å². The van der Waals surface area contributed by atoms with Gasteiger partial charge in [0, 0.05) is 24.5 Å². The highest BCUT2D eigenvalue weighted by Gasteiger charge is 2.22. The monoisotopic (exact) mass is 278 g/mol. The van der Waals surface area contributed by atoms with E-state index in [0.717, 1.165) is 37.4 Å². The zero-order chi connectivity index (χ0) is 13.7. The van der Waals surface area contributed by atoms with E-state index in [1.807, 2.05) is 24.0 Å². The van der Waals surface area contributed by atoms with Gasteiger partial charge in [-0.05, 0) is 43.7 Å². The Kier molecular flexibility index (Phi) is 5.14. The predicted molar refractivity (Wildman–Crippen MR) is 82.6 cm³/mol. The van der Waals surface area contributed by atoms with Crippen molar-refractivity contribution in [2.75, 3.05) is 24.7 Å². The van der Waals surface area contributed by atoms with Crippen LogP contribution in [0, 0.1) is 0 Å². The van der Waals surface area contributed by atoms with Crippen LogP contribution in [-0.2, 0) is 10.5 Å². The SMILES string of the molecule is CSCc1cccc(N[C@H](C)C(=O)N2CCCC2)c1. The number of nitrogens with zero attached hydrogens (tertiary/aromatic N) is 1. The summed E-state index contributed by atoms with van der Waals surface area (Å²) in [6, 6.07) is 8.17. The van der Waals surface area contributed by atoms with Gasteiger partial charge < -0.3 is 10.2 Å². The smallest absolute Gasteiger partial charge is 0.244 e. The Morgan fingerprint density at radius 3 is 2.84 bits per heavy atom. The molecular weight excluding hydrogens is 256 g/mol. The van der Waals surface area contributed by atoms with E-state index in [1.165, 1.54) is 5.56 Å². The number of benzene rings is 1. The summed E-state index contributed by atoms with van der Waals surface area (Å²) in [4.78, 5) is 14.2. The number of anilines is 1. The number of rotatable bonds is 5. The van der Waals surface area contributed by atoms with Crippen molar-refractivity contribution in [3.63, 3.8) is 0 Å². The van der Waals surface area contributed by atoms with E-state index in [9.17, 15) is 4.79 Å². The van der Waals surface area contributed by atoms with Crippen molar-refractivity contribution in [2.24, 2.45) is 0 Å². The molecule has 1 atom stereocenters. The number of amides is 1. The van der Waals surface area contributed by atoms with Gasteiger partial charge in [-0.15, -0.1) is 0 Å². The standard InChI is InChI=1S/C15H22N2OS/c1-12(15(18)17-8-3-4-9-17)16-14-7-5-6-13(10-14)11-19-2/h5-7,10,12,16H,3-4,8-9,11H2,1-2H3/t12-/m1/s1. The van der Waals surface area contributed by atoms with Gasteiger partial charge in [-0.25, -0.2) is 0 Å². The van der Waals surface area contributed by atoms with Gasteiger partial charge in [0.25, 0.3) is 0 Å². The molecule has 0 spiro atoms. The van der Waals surface area contributed by atoms with Crippen molar-refractivity contribution in [3.8, 4) is 0 Å². The Morgan fingerprint density at radius 1 is 1.42 bits per heavy atom. The van der Waals surface area contributed by atoms with Crippen LogP contribution in [0.4, 0.5) is 5.69 Å². The number of nitrogens with one attached hydrogen (secondary N) is 1. The highest BCUT2D eigenvalue weighted by Crippen LogP contribution is 2.17. The number of likely N-dealkylation sites (tertiary alicyclic amines) is 1. The van der Waals surface area contributed by atoms with Crippen LogP contribution in [0.3, 0.4) is 0 Å². The first-order chi connectivity index (χ1) is 9.20. The summed E-state index contributed by atoms with van der Waals surface area (Å²) in [5.74, 6) is 1.22. The number of hydrogen-bond donors (Lipinski definition) is 1. The van der Waals surface area contributed by atoms with Crippen LogP contribution >= 0.6 is 11.8 Å². The lowest BCUT2D eigenvalue weighted by atomic mass is 10.2. The van der Waals surface area contributed by atoms with Gasteiger partial charge in [0.2, 0.25) is 5.91 Å². The Hall–Kier alpha value is -1.16. The molecule has 1 amide bonds. The zero-order valence-corrected chi connectivity index (χ0v) is 12.5. The van der Waals surface area contributed by atoms with E-state index in [-0.39, 0.29) is 11.9 Å². The Morgan fingerprint density at radius 2 is 2.16 bits per heavy atom. The molecule has 3 nitrogen and oxygen atoms in total. The molecule has 1 saturated heterocycles. The second-order valence-electron chi connectivity index (χ2n) is 5.03. The minimum absolute atomic E-state index is 0.150. The largest absolute Gasteiger partial charge is 0.374 e. The molecule has 104 valence electrons. The molecule has 0 aromatic heterocycles. The maximum absolute atomic E-state index is 12.2. The van der Waals surface area contributed by atoms with E-state index in [4.69, 9.17) is 0 Å². The minimum atomic E-state index is -0.150. The molecule has 1 heterocycles. The van der Waals surface area contributed by atoms with Gasteiger partial charge in [0.15, 0.2) is 0 Å². The van der Waals surface area contributed by atoms with Crippen molar-refractivity contribution in [1.29, 1.82) is 0 Å². The molecule has 1 aromatic rings. The summed E-state index contributed by atoms with van der Waals surface area (Å²) in [5.41, 5.74) is 2.32. The molecule has 0 bridgehead atoms. The van der Waals surface area contributed by atoms with E-state index in [1.54, 1.807) is 11.8 Å². The highest BCUT2D eigenvalue weighted by molar-refractivity contribution is 7.97. The molecule has 1 aromatic carbocycles. The summed E-state index contributed by atoms with van der Waals surface area (Å²) >= 11 is 1.81. The average Bonchev–Trinajstić information content (AvgIpc) is 2.92. The maximum Gasteiger partial charge on any atom is 0.244 e. The molecule has 4 heteroatoms. The van der Waals surface area contributed by atoms with Crippen LogP contribution < -0.4 is 5.32 Å². The fraction of sp³-hybridized carbons (Fsp3) is 0.533. The summed E-state index contributed by atoms with van der Waals surface area (Å²) in [6.45, 7) is 3.77. The highest BCUT2D eigenvalue weighted by atomic mass is 32.2. The van der Waals surface area contributed by atoms with Gasteiger partial charge in [-0.2, -0.15) is 11.8 Å². The van der Waals surface area contributed by atoms with Gasteiger partial charge in [0.1, 0.15) is 6.04 Å². The third-order valence-electron chi connectivity index (χ3n) is 3.41. The van der Waals surface area contributed by atoms with Crippen molar-refractivity contribution in [2.45, 2.75) is 31.6 Å². The Bertz CT molecular complexity index is 430. The average molecular weight is 278 g/mol. The third-order valence-corrected chi connectivity index (χ3v) is 4.03. The number of carbonyl (C=O) groups excluding carboxylic acids is 1. The molecule has 0 unspecified atom stereocenters. The topological polar surface area (TPSA) is 32.3 Å².